The van der Waals surface area contributed by atoms with Crippen molar-refractivity contribution in [3.8, 4) is 0 Å². The molecule has 3 heterocycles. The maximum absolute atomic E-state index is 13.4. The van der Waals surface area contributed by atoms with Gasteiger partial charge in [0.05, 0.1) is 16.6 Å². The van der Waals surface area contributed by atoms with Gasteiger partial charge in [-0.1, -0.05) is 99.4 Å². The van der Waals surface area contributed by atoms with E-state index in [-0.39, 0.29) is 23.6 Å². The third-order valence-corrected chi connectivity index (χ3v) is 7.68. The highest BCUT2D eigenvalue weighted by Crippen LogP contribution is 2.33. The first-order chi connectivity index (χ1) is 18.0. The van der Waals surface area contributed by atoms with E-state index in [0.717, 1.165) is 24.8 Å². The molecule has 37 heavy (non-hydrogen) atoms. The summed E-state index contributed by atoms with van der Waals surface area (Å²) in [6.07, 6.45) is 9.19. The van der Waals surface area contributed by atoms with Crippen molar-refractivity contribution in [3.05, 3.63) is 81.1 Å². The van der Waals surface area contributed by atoms with Crippen LogP contribution in [0.4, 0.5) is 5.82 Å². The van der Waals surface area contributed by atoms with Gasteiger partial charge in [-0.15, -0.1) is 0 Å². The molecular formula is C28H32N4O3S2. The van der Waals surface area contributed by atoms with E-state index >= 15 is 0 Å². The molecule has 1 aromatic carbocycles. The number of thiocarbonyl (C=S) groups is 1. The zero-order chi connectivity index (χ0) is 26.2. The van der Waals surface area contributed by atoms with Crippen LogP contribution in [0.15, 0.2) is 64.4 Å². The van der Waals surface area contributed by atoms with Gasteiger partial charge in [0.15, 0.2) is 0 Å². The lowest BCUT2D eigenvalue weighted by molar-refractivity contribution is -0.122. The Morgan fingerprint density at radius 3 is 2.57 bits per heavy atom. The quantitative estimate of drug-likeness (QED) is 0.182. The third-order valence-electron chi connectivity index (χ3n) is 6.30. The summed E-state index contributed by atoms with van der Waals surface area (Å²) in [5, 5.41) is 13.8. The molecule has 0 spiro atoms. The van der Waals surface area contributed by atoms with Gasteiger partial charge in [0, 0.05) is 19.3 Å². The highest BCUT2D eigenvalue weighted by Gasteiger charge is 2.32. The summed E-state index contributed by atoms with van der Waals surface area (Å²) in [5.41, 5.74) is 1.18. The van der Waals surface area contributed by atoms with Crippen molar-refractivity contribution in [1.82, 2.24) is 14.3 Å². The minimum atomic E-state index is -0.791. The predicted molar refractivity (Wildman–Crippen MR) is 155 cm³/mol. The predicted octanol–water partition coefficient (Wildman–Crippen LogP) is 5.40. The smallest absolute Gasteiger partial charge is 0.267 e. The number of nitrogens with zero attached hydrogens (tertiary/aromatic N) is 3. The van der Waals surface area contributed by atoms with E-state index in [9.17, 15) is 14.7 Å². The summed E-state index contributed by atoms with van der Waals surface area (Å²) in [5.74, 6) is 0.128. The number of carbonyl (C=O) groups is 1. The van der Waals surface area contributed by atoms with E-state index in [0.29, 0.717) is 27.2 Å². The zero-order valence-corrected chi connectivity index (χ0v) is 22.6. The Labute approximate surface area is 226 Å². The first kappa shape index (κ1) is 27.0. The highest BCUT2D eigenvalue weighted by atomic mass is 32.2. The van der Waals surface area contributed by atoms with E-state index in [1.807, 2.05) is 30.3 Å². The van der Waals surface area contributed by atoms with Crippen molar-refractivity contribution in [2.24, 2.45) is 0 Å². The summed E-state index contributed by atoms with van der Waals surface area (Å²) in [7, 11) is 0. The Kier molecular flexibility index (Phi) is 9.49. The molecule has 1 unspecified atom stereocenters. The fourth-order valence-electron chi connectivity index (χ4n) is 4.23. The average Bonchev–Trinajstić information content (AvgIpc) is 3.18. The summed E-state index contributed by atoms with van der Waals surface area (Å²) < 4.78 is 1.95. The van der Waals surface area contributed by atoms with Crippen LogP contribution in [0.1, 0.15) is 62.7 Å². The second-order valence-electron chi connectivity index (χ2n) is 9.02. The van der Waals surface area contributed by atoms with Gasteiger partial charge in [0.1, 0.15) is 15.8 Å². The standard InChI is InChI=1S/C28H32N4O3S2/c1-2-3-4-5-6-11-17-32-27(35)23(37-28(32)36)18-21-25(29-19-22(33)20-13-8-7-9-14-20)30-24-15-10-12-16-31(24)26(21)34/h7-10,12-16,18,22,29,33H,2-6,11,17,19H2,1H3. The van der Waals surface area contributed by atoms with Crippen LogP contribution in [-0.4, -0.2) is 42.7 Å². The van der Waals surface area contributed by atoms with Crippen LogP contribution in [0, 0.1) is 0 Å². The Morgan fingerprint density at radius 2 is 1.78 bits per heavy atom. The van der Waals surface area contributed by atoms with Gasteiger partial charge in [-0.25, -0.2) is 4.98 Å². The summed E-state index contributed by atoms with van der Waals surface area (Å²) in [4.78, 5) is 33.3. The SMILES string of the molecule is CCCCCCCCN1C(=O)C(=Cc2c(NCC(O)c3ccccc3)nc3ccccn3c2=O)SC1=S. The number of aliphatic hydroxyl groups is 1. The number of carbonyl (C=O) groups excluding carboxylic acids is 1. The molecule has 3 aromatic rings. The van der Waals surface area contributed by atoms with Crippen molar-refractivity contribution in [1.29, 1.82) is 0 Å². The molecule has 7 nitrogen and oxygen atoms in total. The maximum Gasteiger partial charge on any atom is 0.267 e. The summed E-state index contributed by atoms with van der Waals surface area (Å²) >= 11 is 6.70. The molecular weight excluding hydrogens is 504 g/mol. The lowest BCUT2D eigenvalue weighted by atomic mass is 10.1. The van der Waals surface area contributed by atoms with E-state index < -0.39 is 6.10 Å². The van der Waals surface area contributed by atoms with Crippen molar-refractivity contribution in [2.45, 2.75) is 51.6 Å². The number of amides is 1. The molecule has 1 aliphatic heterocycles. The lowest BCUT2D eigenvalue weighted by Gasteiger charge is -2.15. The number of unbranched alkanes of at least 4 members (excludes halogenated alkanes) is 5. The van der Waals surface area contributed by atoms with Crippen molar-refractivity contribution in [2.75, 3.05) is 18.4 Å². The average molecular weight is 537 g/mol. The molecule has 0 aliphatic carbocycles. The summed E-state index contributed by atoms with van der Waals surface area (Å²) in [6, 6.07) is 14.6. The van der Waals surface area contributed by atoms with Crippen LogP contribution in [0.3, 0.4) is 0 Å². The molecule has 1 fully saturated rings. The number of nitrogens with one attached hydrogen (secondary N) is 1. The second-order valence-corrected chi connectivity index (χ2v) is 10.7. The maximum atomic E-state index is 13.4. The molecule has 1 aliphatic rings. The van der Waals surface area contributed by atoms with Crippen molar-refractivity contribution in [3.63, 3.8) is 0 Å². The Morgan fingerprint density at radius 1 is 1.05 bits per heavy atom. The number of aliphatic hydroxyl groups excluding tert-OH is 1. The van der Waals surface area contributed by atoms with Gasteiger partial charge < -0.3 is 10.4 Å². The molecule has 0 radical (unpaired) electrons. The van der Waals surface area contributed by atoms with Crippen LogP contribution in [0.2, 0.25) is 0 Å². The van der Waals surface area contributed by atoms with Crippen LogP contribution in [0.5, 0.6) is 0 Å². The molecule has 194 valence electrons. The summed E-state index contributed by atoms with van der Waals surface area (Å²) in [6.45, 7) is 2.92. The fourth-order valence-corrected chi connectivity index (χ4v) is 5.52. The van der Waals surface area contributed by atoms with Gasteiger partial charge in [-0.05, 0) is 30.2 Å². The molecule has 0 bridgehead atoms. The van der Waals surface area contributed by atoms with Crippen LogP contribution in [-0.2, 0) is 4.79 Å². The first-order valence-electron chi connectivity index (χ1n) is 12.7. The Bertz CT molecular complexity index is 1340. The normalized spacial score (nSPS) is 15.6. The van der Waals surface area contributed by atoms with E-state index in [1.54, 1.807) is 35.4 Å². The Hall–Kier alpha value is -3.01. The van der Waals surface area contributed by atoms with Crippen LogP contribution < -0.4 is 10.9 Å². The number of benzene rings is 1. The topological polar surface area (TPSA) is 86.9 Å². The van der Waals surface area contributed by atoms with E-state index in [2.05, 4.69) is 17.2 Å². The van der Waals surface area contributed by atoms with Crippen molar-refractivity contribution >= 4 is 51.7 Å². The van der Waals surface area contributed by atoms with Gasteiger partial charge in [0.2, 0.25) is 0 Å². The fraction of sp³-hybridized carbons (Fsp3) is 0.357. The number of fused-ring (bicyclic) bond motifs is 1. The molecule has 0 saturated carbocycles. The number of rotatable bonds is 12. The number of hydrogen-bond donors (Lipinski definition) is 2. The van der Waals surface area contributed by atoms with Crippen LogP contribution in [0.25, 0.3) is 11.7 Å². The molecule has 2 N–H and O–H groups in total. The number of anilines is 1. The monoisotopic (exact) mass is 536 g/mol. The molecule has 1 saturated heterocycles. The van der Waals surface area contributed by atoms with Gasteiger partial charge in [0.25, 0.3) is 11.5 Å². The van der Waals surface area contributed by atoms with E-state index in [4.69, 9.17) is 12.2 Å². The molecule has 1 amide bonds. The third kappa shape index (κ3) is 6.66. The van der Waals surface area contributed by atoms with E-state index in [1.165, 1.54) is 35.4 Å². The number of aromatic nitrogens is 2. The molecule has 2 aromatic heterocycles. The van der Waals surface area contributed by atoms with Crippen LogP contribution >= 0.6 is 24.0 Å². The van der Waals surface area contributed by atoms with Gasteiger partial charge in [-0.2, -0.15) is 0 Å². The van der Waals surface area contributed by atoms with Gasteiger partial charge in [-0.3, -0.25) is 18.9 Å². The number of thioether (sulfide) groups is 1. The van der Waals surface area contributed by atoms with Crippen molar-refractivity contribution < 1.29 is 9.90 Å². The zero-order valence-electron chi connectivity index (χ0n) is 20.9. The van der Waals surface area contributed by atoms with Gasteiger partial charge >= 0.3 is 0 Å². The lowest BCUT2D eigenvalue weighted by Crippen LogP contribution is -2.29. The second kappa shape index (κ2) is 13.0. The molecule has 9 heteroatoms. The first-order valence-corrected chi connectivity index (χ1v) is 14.0. The highest BCUT2D eigenvalue weighted by molar-refractivity contribution is 8.26. The minimum absolute atomic E-state index is 0.152. The molecule has 4 rings (SSSR count). The largest absolute Gasteiger partial charge is 0.387 e. The minimum Gasteiger partial charge on any atom is -0.387 e. The Balaban J connectivity index is 1.56. The number of hydrogen-bond acceptors (Lipinski definition) is 7. The molecule has 1 atom stereocenters. The number of pyridine rings is 1.